The lowest BCUT2D eigenvalue weighted by Gasteiger charge is -2.35. The first-order chi connectivity index (χ1) is 8.36. The van der Waals surface area contributed by atoms with Crippen molar-refractivity contribution in [3.8, 4) is 0 Å². The fourth-order valence-electron chi connectivity index (χ4n) is 2.31. The monoisotopic (exact) mass is 270 g/mol. The molecule has 108 valence electrons. The van der Waals surface area contributed by atoms with Gasteiger partial charge in [-0.05, 0) is 45.3 Å². The molecule has 1 N–H and O–H groups in total. The van der Waals surface area contributed by atoms with Crippen molar-refractivity contribution in [2.75, 3.05) is 26.2 Å². The summed E-state index contributed by atoms with van der Waals surface area (Å²) >= 11 is 0. The van der Waals surface area contributed by atoms with Crippen LogP contribution < -0.4 is 5.32 Å². The number of nitrogens with zero attached hydrogens (tertiary/aromatic N) is 1. The Bertz CT molecular complexity index is 240. The minimum absolute atomic E-state index is 0.145. The van der Waals surface area contributed by atoms with Gasteiger partial charge in [0.25, 0.3) is 0 Å². The van der Waals surface area contributed by atoms with Crippen molar-refractivity contribution in [2.45, 2.75) is 45.1 Å². The molecule has 0 aromatic heterocycles. The molecule has 1 fully saturated rings. The van der Waals surface area contributed by atoms with Gasteiger partial charge in [0, 0.05) is 6.04 Å². The SMILES string of the molecule is CCN1CCC(C(C)NCC(F)(F)C(F)F)CC1. The fraction of sp³-hybridized carbons (Fsp3) is 1.00. The van der Waals surface area contributed by atoms with Gasteiger partial charge in [-0.1, -0.05) is 6.92 Å². The van der Waals surface area contributed by atoms with Gasteiger partial charge in [0.15, 0.2) is 0 Å². The Morgan fingerprint density at radius 3 is 2.28 bits per heavy atom. The van der Waals surface area contributed by atoms with Gasteiger partial charge in [-0.2, -0.15) is 8.78 Å². The highest BCUT2D eigenvalue weighted by Gasteiger charge is 2.40. The van der Waals surface area contributed by atoms with Crippen molar-refractivity contribution < 1.29 is 17.6 Å². The second-order valence-electron chi connectivity index (χ2n) is 5.00. The second kappa shape index (κ2) is 6.70. The van der Waals surface area contributed by atoms with E-state index in [1.54, 1.807) is 6.92 Å². The lowest BCUT2D eigenvalue weighted by atomic mass is 9.90. The standard InChI is InChI=1S/C12H22F4N2/c1-3-18-6-4-10(5-7-18)9(2)17-8-12(15,16)11(13)14/h9-11,17H,3-8H2,1-2H3. The molecule has 0 radical (unpaired) electrons. The normalized spacial score (nSPS) is 21.5. The molecule has 2 nitrogen and oxygen atoms in total. The highest BCUT2D eigenvalue weighted by molar-refractivity contribution is 4.82. The second-order valence-corrected chi connectivity index (χ2v) is 5.00. The van der Waals surface area contributed by atoms with Gasteiger partial charge in [-0.15, -0.1) is 0 Å². The lowest BCUT2D eigenvalue weighted by Crippen LogP contribution is -2.47. The number of hydrogen-bond acceptors (Lipinski definition) is 2. The van der Waals surface area contributed by atoms with Crippen molar-refractivity contribution in [3.63, 3.8) is 0 Å². The van der Waals surface area contributed by atoms with Gasteiger partial charge < -0.3 is 10.2 Å². The maximum atomic E-state index is 12.8. The molecule has 1 aliphatic rings. The van der Waals surface area contributed by atoms with E-state index in [-0.39, 0.29) is 6.04 Å². The van der Waals surface area contributed by atoms with E-state index < -0.39 is 18.9 Å². The molecule has 0 aliphatic carbocycles. The fourth-order valence-corrected chi connectivity index (χ4v) is 2.31. The zero-order valence-corrected chi connectivity index (χ0v) is 10.9. The Kier molecular flexibility index (Phi) is 5.85. The largest absolute Gasteiger partial charge is 0.319 e. The summed E-state index contributed by atoms with van der Waals surface area (Å²) in [5, 5.41) is 2.56. The van der Waals surface area contributed by atoms with Crippen molar-refractivity contribution in [1.29, 1.82) is 0 Å². The molecule has 0 bridgehead atoms. The summed E-state index contributed by atoms with van der Waals surface area (Å²) in [7, 11) is 0. The predicted molar refractivity (Wildman–Crippen MR) is 63.3 cm³/mol. The van der Waals surface area contributed by atoms with E-state index in [0.29, 0.717) is 5.92 Å². The van der Waals surface area contributed by atoms with E-state index in [4.69, 9.17) is 0 Å². The number of nitrogens with one attached hydrogen (secondary N) is 1. The molecule has 18 heavy (non-hydrogen) atoms. The molecule has 1 saturated heterocycles. The van der Waals surface area contributed by atoms with Crippen LogP contribution in [0.2, 0.25) is 0 Å². The van der Waals surface area contributed by atoms with Crippen LogP contribution in [0, 0.1) is 5.92 Å². The van der Waals surface area contributed by atoms with Gasteiger partial charge in [0.2, 0.25) is 0 Å². The summed E-state index contributed by atoms with van der Waals surface area (Å²) in [4.78, 5) is 2.30. The molecule has 0 amide bonds. The summed E-state index contributed by atoms with van der Waals surface area (Å²) in [5.74, 6) is -3.64. The first kappa shape index (κ1) is 15.7. The van der Waals surface area contributed by atoms with Crippen molar-refractivity contribution in [1.82, 2.24) is 10.2 Å². The first-order valence-corrected chi connectivity index (χ1v) is 6.48. The molecule has 0 aromatic carbocycles. The van der Waals surface area contributed by atoms with Crippen LogP contribution in [0.1, 0.15) is 26.7 Å². The Hall–Kier alpha value is -0.360. The first-order valence-electron chi connectivity index (χ1n) is 6.48. The Morgan fingerprint density at radius 1 is 1.28 bits per heavy atom. The highest BCUT2D eigenvalue weighted by Crippen LogP contribution is 2.24. The molecular weight excluding hydrogens is 248 g/mol. The predicted octanol–water partition coefficient (Wildman–Crippen LogP) is 2.60. The number of alkyl halides is 4. The molecule has 1 unspecified atom stereocenters. The van der Waals surface area contributed by atoms with E-state index in [9.17, 15) is 17.6 Å². The molecule has 1 atom stereocenters. The van der Waals surface area contributed by atoms with E-state index in [1.165, 1.54) is 0 Å². The maximum absolute atomic E-state index is 12.8. The van der Waals surface area contributed by atoms with Gasteiger partial charge in [-0.3, -0.25) is 0 Å². The number of rotatable bonds is 6. The summed E-state index contributed by atoms with van der Waals surface area (Å²) in [6.07, 6.45) is -1.73. The minimum Gasteiger partial charge on any atom is -0.308 e. The van der Waals surface area contributed by atoms with E-state index in [0.717, 1.165) is 32.5 Å². The van der Waals surface area contributed by atoms with Crippen LogP contribution in [0.25, 0.3) is 0 Å². The minimum atomic E-state index is -3.93. The molecule has 1 rings (SSSR count). The highest BCUT2D eigenvalue weighted by atomic mass is 19.3. The van der Waals surface area contributed by atoms with Crippen molar-refractivity contribution >= 4 is 0 Å². The number of halogens is 4. The van der Waals surface area contributed by atoms with Crippen LogP contribution in [0.5, 0.6) is 0 Å². The topological polar surface area (TPSA) is 15.3 Å². The van der Waals surface area contributed by atoms with Crippen LogP contribution in [0.4, 0.5) is 17.6 Å². The van der Waals surface area contributed by atoms with E-state index in [2.05, 4.69) is 17.1 Å². The van der Waals surface area contributed by atoms with Crippen molar-refractivity contribution in [3.05, 3.63) is 0 Å². The Morgan fingerprint density at radius 2 is 1.83 bits per heavy atom. The maximum Gasteiger partial charge on any atom is 0.319 e. The average Bonchev–Trinajstić information content (AvgIpc) is 2.36. The van der Waals surface area contributed by atoms with Crippen molar-refractivity contribution in [2.24, 2.45) is 5.92 Å². The number of likely N-dealkylation sites (tertiary alicyclic amines) is 1. The van der Waals surface area contributed by atoms with Crippen LogP contribution in [0.15, 0.2) is 0 Å². The third-order valence-corrected chi connectivity index (χ3v) is 3.77. The summed E-state index contributed by atoms with van der Waals surface area (Å²) < 4.78 is 49.6. The van der Waals surface area contributed by atoms with Crippen LogP contribution >= 0.6 is 0 Å². The third kappa shape index (κ3) is 4.39. The molecule has 0 spiro atoms. The van der Waals surface area contributed by atoms with Crippen LogP contribution in [-0.2, 0) is 0 Å². The van der Waals surface area contributed by atoms with Crippen LogP contribution in [-0.4, -0.2) is 49.5 Å². The number of piperidine rings is 1. The molecule has 6 heteroatoms. The summed E-state index contributed by atoms with van der Waals surface area (Å²) in [6.45, 7) is 5.85. The summed E-state index contributed by atoms with van der Waals surface area (Å²) in [6, 6.07) is -0.145. The van der Waals surface area contributed by atoms with E-state index >= 15 is 0 Å². The third-order valence-electron chi connectivity index (χ3n) is 3.77. The zero-order chi connectivity index (χ0) is 13.8. The van der Waals surface area contributed by atoms with Gasteiger partial charge in [0.1, 0.15) is 0 Å². The lowest BCUT2D eigenvalue weighted by molar-refractivity contribution is -0.126. The van der Waals surface area contributed by atoms with Crippen LogP contribution in [0.3, 0.4) is 0 Å². The van der Waals surface area contributed by atoms with Gasteiger partial charge in [0.05, 0.1) is 6.54 Å². The number of hydrogen-bond donors (Lipinski definition) is 1. The average molecular weight is 270 g/mol. The Labute approximate surface area is 106 Å². The quantitative estimate of drug-likeness (QED) is 0.746. The molecule has 1 heterocycles. The van der Waals surface area contributed by atoms with Gasteiger partial charge >= 0.3 is 12.3 Å². The molecule has 0 saturated carbocycles. The summed E-state index contributed by atoms with van der Waals surface area (Å²) in [5.41, 5.74) is 0. The zero-order valence-electron chi connectivity index (χ0n) is 10.9. The smallest absolute Gasteiger partial charge is 0.308 e. The van der Waals surface area contributed by atoms with E-state index in [1.807, 2.05) is 0 Å². The molecule has 0 aromatic rings. The molecule has 1 aliphatic heterocycles. The van der Waals surface area contributed by atoms with Gasteiger partial charge in [-0.25, -0.2) is 8.78 Å². The molecular formula is C12H22F4N2. The Balaban J connectivity index is 2.31.